The van der Waals surface area contributed by atoms with Crippen molar-refractivity contribution < 1.29 is 18.9 Å². The molecule has 0 aliphatic heterocycles. The summed E-state index contributed by atoms with van der Waals surface area (Å²) < 4.78 is 14.5. The number of para-hydroxylation sites is 2. The van der Waals surface area contributed by atoms with Crippen LogP contribution in [0.2, 0.25) is 0 Å². The molecule has 2 aromatic rings. The van der Waals surface area contributed by atoms with Gasteiger partial charge in [0.25, 0.3) is 0 Å². The summed E-state index contributed by atoms with van der Waals surface area (Å²) in [6, 6.07) is 7.70. The number of phosphoric ester groups is 1. The Kier molecular flexibility index (Phi) is 28.3. The molecular formula is C33H63N4O4P. The fraction of sp³-hybridized carbons (Fsp3) is 0.788. The summed E-state index contributed by atoms with van der Waals surface area (Å²) in [7, 11) is -4.23. The number of aliphatic imine (C=N–C) groups is 1. The minimum Gasteiger partial charge on any atom is -0.303 e. The van der Waals surface area contributed by atoms with Crippen LogP contribution in [0.3, 0.4) is 0 Å². The fourth-order valence-electron chi connectivity index (χ4n) is 4.57. The number of aromatic nitrogens is 3. The summed E-state index contributed by atoms with van der Waals surface area (Å²) in [6.45, 7) is 11.2. The third kappa shape index (κ3) is 29.9. The number of hydrogen-bond donors (Lipinski definition) is 3. The second-order valence-electron chi connectivity index (χ2n) is 11.6. The van der Waals surface area contributed by atoms with Gasteiger partial charge in [-0.1, -0.05) is 148 Å². The summed E-state index contributed by atoms with van der Waals surface area (Å²) in [4.78, 5) is 20.6. The Morgan fingerprint density at radius 2 is 1.19 bits per heavy atom. The second-order valence-corrected chi connectivity index (χ2v) is 12.9. The van der Waals surface area contributed by atoms with E-state index in [1.807, 2.05) is 24.3 Å². The Morgan fingerprint density at radius 3 is 1.60 bits per heavy atom. The SMILES string of the molecule is C=NCCCCCCCCCCCCCCCCCC.CC(C)CCCCCOP(=O)(O)O.c1ccc2n[nH]nc2c1. The molecular weight excluding hydrogens is 547 g/mol. The molecule has 1 heterocycles. The fourth-order valence-corrected chi connectivity index (χ4v) is 4.94. The van der Waals surface area contributed by atoms with Crippen LogP contribution in [0, 0.1) is 5.92 Å². The maximum absolute atomic E-state index is 10.2. The highest BCUT2D eigenvalue weighted by atomic mass is 31.2. The average Bonchev–Trinajstić information content (AvgIpc) is 3.44. The third-order valence-electron chi connectivity index (χ3n) is 7.08. The van der Waals surface area contributed by atoms with Gasteiger partial charge in [0.1, 0.15) is 11.0 Å². The first-order chi connectivity index (χ1) is 20.3. The van der Waals surface area contributed by atoms with Crippen molar-refractivity contribution in [1.82, 2.24) is 15.4 Å². The monoisotopic (exact) mass is 610 g/mol. The minimum absolute atomic E-state index is 0.155. The van der Waals surface area contributed by atoms with Gasteiger partial charge in [-0.15, -0.1) is 0 Å². The Labute approximate surface area is 257 Å². The predicted octanol–water partition coefficient (Wildman–Crippen LogP) is 10.2. The first-order valence-corrected chi connectivity index (χ1v) is 18.2. The molecule has 0 aliphatic rings. The topological polar surface area (TPSA) is 121 Å². The van der Waals surface area contributed by atoms with Crippen LogP contribution in [-0.4, -0.2) is 45.1 Å². The maximum Gasteiger partial charge on any atom is 0.469 e. The lowest BCUT2D eigenvalue weighted by Gasteiger charge is -2.05. The van der Waals surface area contributed by atoms with Crippen molar-refractivity contribution in [2.24, 2.45) is 10.9 Å². The highest BCUT2D eigenvalue weighted by Crippen LogP contribution is 2.35. The number of aromatic amines is 1. The predicted molar refractivity (Wildman–Crippen MR) is 179 cm³/mol. The number of hydrogen-bond acceptors (Lipinski definition) is 5. The van der Waals surface area contributed by atoms with Gasteiger partial charge in [0.15, 0.2) is 0 Å². The van der Waals surface area contributed by atoms with Gasteiger partial charge in [0.2, 0.25) is 0 Å². The normalized spacial score (nSPS) is 11.2. The lowest BCUT2D eigenvalue weighted by Crippen LogP contribution is -1.93. The Morgan fingerprint density at radius 1 is 0.762 bits per heavy atom. The van der Waals surface area contributed by atoms with Crippen LogP contribution < -0.4 is 0 Å². The van der Waals surface area contributed by atoms with E-state index in [-0.39, 0.29) is 6.61 Å². The molecule has 0 aliphatic carbocycles. The summed E-state index contributed by atoms with van der Waals surface area (Å²) >= 11 is 0. The highest BCUT2D eigenvalue weighted by Gasteiger charge is 2.12. The molecule has 0 bridgehead atoms. The van der Waals surface area contributed by atoms with Crippen molar-refractivity contribution in [1.29, 1.82) is 0 Å². The Balaban J connectivity index is 0.000000648. The van der Waals surface area contributed by atoms with E-state index in [1.165, 1.54) is 103 Å². The molecule has 0 atom stereocenters. The Hall–Kier alpha value is -1.60. The largest absolute Gasteiger partial charge is 0.469 e. The molecule has 0 saturated carbocycles. The van der Waals surface area contributed by atoms with Crippen LogP contribution in [0.15, 0.2) is 29.3 Å². The van der Waals surface area contributed by atoms with Gasteiger partial charge in [0, 0.05) is 6.54 Å². The van der Waals surface area contributed by atoms with Crippen LogP contribution in [0.5, 0.6) is 0 Å². The second kappa shape index (κ2) is 29.5. The van der Waals surface area contributed by atoms with Gasteiger partial charge in [0.05, 0.1) is 6.61 Å². The molecule has 244 valence electrons. The zero-order valence-corrected chi connectivity index (χ0v) is 28.0. The number of phosphoric acid groups is 1. The number of H-pyrrole nitrogens is 1. The summed E-state index contributed by atoms with van der Waals surface area (Å²) in [5.74, 6) is 0.697. The number of benzene rings is 1. The molecule has 0 radical (unpaired) electrons. The number of fused-ring (bicyclic) bond motifs is 1. The molecule has 42 heavy (non-hydrogen) atoms. The van der Waals surface area contributed by atoms with Crippen molar-refractivity contribution in [2.75, 3.05) is 13.2 Å². The van der Waals surface area contributed by atoms with Crippen molar-refractivity contribution in [3.63, 3.8) is 0 Å². The van der Waals surface area contributed by atoms with Gasteiger partial charge >= 0.3 is 7.82 Å². The van der Waals surface area contributed by atoms with E-state index in [0.29, 0.717) is 5.92 Å². The van der Waals surface area contributed by atoms with Gasteiger partial charge in [-0.25, -0.2) is 4.57 Å². The highest BCUT2D eigenvalue weighted by molar-refractivity contribution is 7.46. The van der Waals surface area contributed by atoms with Crippen LogP contribution in [0.25, 0.3) is 11.0 Å². The van der Waals surface area contributed by atoms with Gasteiger partial charge in [-0.2, -0.15) is 15.4 Å². The Bertz CT molecular complexity index is 858. The molecule has 9 heteroatoms. The van der Waals surface area contributed by atoms with Crippen LogP contribution >= 0.6 is 7.82 Å². The minimum atomic E-state index is -4.23. The van der Waals surface area contributed by atoms with Crippen molar-refractivity contribution >= 4 is 25.6 Å². The van der Waals surface area contributed by atoms with E-state index in [2.05, 4.69) is 52.4 Å². The number of nitrogens with zero attached hydrogens (tertiary/aromatic N) is 3. The van der Waals surface area contributed by atoms with Crippen molar-refractivity contribution in [3.8, 4) is 0 Å². The molecule has 1 aromatic carbocycles. The lowest BCUT2D eigenvalue weighted by molar-refractivity contribution is 0.193. The van der Waals surface area contributed by atoms with E-state index in [9.17, 15) is 4.57 Å². The molecule has 8 nitrogen and oxygen atoms in total. The van der Waals surface area contributed by atoms with Crippen LogP contribution in [0.4, 0.5) is 0 Å². The molecule has 0 unspecified atom stereocenters. The number of rotatable bonds is 24. The standard InChI is InChI=1S/C19H39N.C8H19O4P.C6H5N3/c1-3-4-5-6-7-8-9-10-11-12-13-14-15-16-17-18-19-20-2;1-8(2)6-4-3-5-7-12-13(9,10)11;1-2-4-6-5(3-1)7-9-8-6/h2-19H2,1H3;8H,3-7H2,1-2H3,(H2,9,10,11);1-4H,(H,7,8,9). The first-order valence-electron chi connectivity index (χ1n) is 16.7. The number of nitrogens with one attached hydrogen (secondary N) is 1. The quantitative estimate of drug-likeness (QED) is 0.0618. The zero-order valence-electron chi connectivity index (χ0n) is 27.1. The first kappa shape index (κ1) is 40.4. The van der Waals surface area contributed by atoms with Gasteiger partial charge in [-0.05, 0) is 37.6 Å². The molecule has 0 saturated heterocycles. The van der Waals surface area contributed by atoms with E-state index in [0.717, 1.165) is 43.3 Å². The van der Waals surface area contributed by atoms with Crippen LogP contribution in [0.1, 0.15) is 149 Å². The molecule has 1 aromatic heterocycles. The summed E-state index contributed by atoms with van der Waals surface area (Å²) in [6.07, 6.45) is 26.8. The summed E-state index contributed by atoms with van der Waals surface area (Å²) in [5, 5.41) is 10.3. The van der Waals surface area contributed by atoms with Crippen molar-refractivity contribution in [2.45, 2.75) is 149 Å². The maximum atomic E-state index is 10.2. The van der Waals surface area contributed by atoms with E-state index in [4.69, 9.17) is 9.79 Å². The van der Waals surface area contributed by atoms with Gasteiger partial charge < -0.3 is 14.8 Å². The van der Waals surface area contributed by atoms with E-state index < -0.39 is 7.82 Å². The molecule has 3 N–H and O–H groups in total. The third-order valence-corrected chi connectivity index (χ3v) is 7.60. The number of unbranched alkanes of at least 4 members (excludes halogenated alkanes) is 17. The lowest BCUT2D eigenvalue weighted by atomic mass is 10.0. The molecule has 0 spiro atoms. The van der Waals surface area contributed by atoms with E-state index >= 15 is 0 Å². The van der Waals surface area contributed by atoms with Gasteiger partial charge in [-0.3, -0.25) is 4.52 Å². The van der Waals surface area contributed by atoms with Crippen molar-refractivity contribution in [3.05, 3.63) is 24.3 Å². The molecule has 2 rings (SSSR count). The average molecular weight is 611 g/mol. The van der Waals surface area contributed by atoms with Crippen LogP contribution in [-0.2, 0) is 9.09 Å². The zero-order chi connectivity index (χ0) is 31.2. The smallest absolute Gasteiger partial charge is 0.303 e. The molecule has 0 amide bonds. The van der Waals surface area contributed by atoms with E-state index in [1.54, 1.807) is 0 Å². The summed E-state index contributed by atoms with van der Waals surface area (Å²) in [5.41, 5.74) is 1.83. The molecule has 0 fully saturated rings.